The molecule has 1 saturated carbocycles. The molecule has 0 radical (unpaired) electrons. The van der Waals surface area contributed by atoms with Crippen LogP contribution in [0.25, 0.3) is 0 Å². The van der Waals surface area contributed by atoms with Gasteiger partial charge in [-0.05, 0) is 30.7 Å². The quantitative estimate of drug-likeness (QED) is 0.822. The van der Waals surface area contributed by atoms with Crippen molar-refractivity contribution < 1.29 is 9.90 Å². The van der Waals surface area contributed by atoms with Gasteiger partial charge in [0.2, 0.25) is 0 Å². The molecule has 0 bridgehead atoms. The molecule has 92 valence electrons. The molecular weight excluding hydrogens is 216 g/mol. The molecule has 3 unspecified atom stereocenters. The summed E-state index contributed by atoms with van der Waals surface area (Å²) >= 11 is 0. The number of hydrogen-bond acceptors (Lipinski definition) is 3. The van der Waals surface area contributed by atoms with Crippen molar-refractivity contribution in [1.29, 1.82) is 0 Å². The summed E-state index contributed by atoms with van der Waals surface area (Å²) in [5, 5.41) is 12.3. The molecule has 0 aliphatic heterocycles. The van der Waals surface area contributed by atoms with Gasteiger partial charge in [0.1, 0.15) is 5.75 Å². The number of nitrogens with zero attached hydrogens (tertiary/aromatic N) is 1. The molecule has 1 fully saturated rings. The Morgan fingerprint density at radius 2 is 2.18 bits per heavy atom. The van der Waals surface area contributed by atoms with Crippen LogP contribution in [0.15, 0.2) is 18.5 Å². The van der Waals surface area contributed by atoms with Crippen LogP contribution in [0.2, 0.25) is 0 Å². The van der Waals surface area contributed by atoms with E-state index in [0.717, 1.165) is 12.8 Å². The number of pyridine rings is 1. The van der Waals surface area contributed by atoms with Crippen LogP contribution >= 0.6 is 0 Å². The van der Waals surface area contributed by atoms with Gasteiger partial charge in [-0.1, -0.05) is 13.8 Å². The van der Waals surface area contributed by atoms with Crippen molar-refractivity contribution in [2.75, 3.05) is 0 Å². The van der Waals surface area contributed by atoms with Gasteiger partial charge in [-0.15, -0.1) is 0 Å². The summed E-state index contributed by atoms with van der Waals surface area (Å²) in [4.78, 5) is 15.7. The highest BCUT2D eigenvalue weighted by Crippen LogP contribution is 2.31. The van der Waals surface area contributed by atoms with E-state index in [-0.39, 0.29) is 17.7 Å². The van der Waals surface area contributed by atoms with Crippen molar-refractivity contribution >= 4 is 5.91 Å². The summed E-state index contributed by atoms with van der Waals surface area (Å²) in [6.07, 6.45) is 4.97. The third-order valence-electron chi connectivity index (χ3n) is 3.77. The first-order chi connectivity index (χ1) is 8.08. The monoisotopic (exact) mass is 234 g/mol. The molecule has 17 heavy (non-hydrogen) atoms. The molecule has 0 aromatic carbocycles. The number of carbonyl (C=O) groups excluding carboxylic acids is 1. The fourth-order valence-corrected chi connectivity index (χ4v) is 2.37. The van der Waals surface area contributed by atoms with Gasteiger partial charge in [0, 0.05) is 12.2 Å². The highest BCUT2D eigenvalue weighted by Gasteiger charge is 2.30. The van der Waals surface area contributed by atoms with E-state index in [0.29, 0.717) is 17.4 Å². The predicted molar refractivity (Wildman–Crippen MR) is 64.7 cm³/mol. The number of amides is 1. The van der Waals surface area contributed by atoms with Gasteiger partial charge in [-0.25, -0.2) is 0 Å². The van der Waals surface area contributed by atoms with Gasteiger partial charge in [-0.3, -0.25) is 9.78 Å². The van der Waals surface area contributed by atoms with E-state index in [2.05, 4.69) is 24.1 Å². The largest absolute Gasteiger partial charge is 0.506 e. The Kier molecular flexibility index (Phi) is 3.31. The zero-order valence-electron chi connectivity index (χ0n) is 10.2. The normalized spacial score (nSPS) is 28.0. The van der Waals surface area contributed by atoms with Crippen LogP contribution < -0.4 is 5.32 Å². The molecule has 4 nitrogen and oxygen atoms in total. The maximum Gasteiger partial charge on any atom is 0.253 e. The molecule has 1 aromatic heterocycles. The Bertz CT molecular complexity index is 420. The molecule has 1 aliphatic rings. The fraction of sp³-hybridized carbons (Fsp3) is 0.538. The lowest BCUT2D eigenvalue weighted by Gasteiger charge is -2.19. The minimum atomic E-state index is -0.153. The topological polar surface area (TPSA) is 62.2 Å². The van der Waals surface area contributed by atoms with Gasteiger partial charge in [0.25, 0.3) is 5.91 Å². The van der Waals surface area contributed by atoms with Crippen LogP contribution in [0.5, 0.6) is 5.75 Å². The Labute approximate surface area is 101 Å². The van der Waals surface area contributed by atoms with Crippen LogP contribution in [0.3, 0.4) is 0 Å². The van der Waals surface area contributed by atoms with Crippen LogP contribution in [0.1, 0.15) is 37.0 Å². The molecule has 0 saturated heterocycles. The van der Waals surface area contributed by atoms with Crippen LogP contribution in [-0.4, -0.2) is 22.0 Å². The number of nitrogens with one attached hydrogen (secondary N) is 1. The summed E-state index contributed by atoms with van der Waals surface area (Å²) in [5.74, 6) is 1.02. The van der Waals surface area contributed by atoms with Crippen molar-refractivity contribution in [3.05, 3.63) is 24.0 Å². The predicted octanol–water partition coefficient (Wildman–Crippen LogP) is 1.95. The lowest BCUT2D eigenvalue weighted by Crippen LogP contribution is -2.37. The summed E-state index contributed by atoms with van der Waals surface area (Å²) in [6.45, 7) is 4.38. The second-order valence-electron chi connectivity index (χ2n) is 4.93. The van der Waals surface area contributed by atoms with E-state index in [1.807, 2.05) is 0 Å². The van der Waals surface area contributed by atoms with E-state index >= 15 is 0 Å². The van der Waals surface area contributed by atoms with Crippen molar-refractivity contribution in [3.8, 4) is 5.75 Å². The van der Waals surface area contributed by atoms with Crippen molar-refractivity contribution in [1.82, 2.24) is 10.3 Å². The lowest BCUT2D eigenvalue weighted by atomic mass is 9.97. The highest BCUT2D eigenvalue weighted by molar-refractivity contribution is 5.94. The Balaban J connectivity index is 2.02. The first kappa shape index (κ1) is 11.9. The third-order valence-corrected chi connectivity index (χ3v) is 3.77. The van der Waals surface area contributed by atoms with Crippen LogP contribution in [0, 0.1) is 11.8 Å². The zero-order valence-corrected chi connectivity index (χ0v) is 10.2. The van der Waals surface area contributed by atoms with Crippen molar-refractivity contribution in [2.24, 2.45) is 11.8 Å². The second-order valence-corrected chi connectivity index (χ2v) is 4.93. The number of rotatable bonds is 2. The average Bonchev–Trinajstić information content (AvgIpc) is 2.61. The summed E-state index contributed by atoms with van der Waals surface area (Å²) in [6, 6.07) is 1.67. The van der Waals surface area contributed by atoms with E-state index in [1.54, 1.807) is 0 Å². The Morgan fingerprint density at radius 3 is 2.76 bits per heavy atom. The lowest BCUT2D eigenvalue weighted by molar-refractivity contribution is 0.0926. The zero-order chi connectivity index (χ0) is 12.4. The molecule has 2 rings (SSSR count). The Morgan fingerprint density at radius 1 is 1.41 bits per heavy atom. The van der Waals surface area contributed by atoms with Crippen molar-refractivity contribution in [3.63, 3.8) is 0 Å². The minimum absolute atomic E-state index is 0.0190. The summed E-state index contributed by atoms with van der Waals surface area (Å²) in [5.41, 5.74) is 0.414. The van der Waals surface area contributed by atoms with Gasteiger partial charge in [0.05, 0.1) is 11.8 Å². The maximum atomic E-state index is 11.9. The van der Waals surface area contributed by atoms with Crippen molar-refractivity contribution in [2.45, 2.75) is 32.7 Å². The van der Waals surface area contributed by atoms with Gasteiger partial charge in [-0.2, -0.15) is 0 Å². The molecule has 1 aromatic rings. The molecule has 1 heterocycles. The van der Waals surface area contributed by atoms with Crippen LogP contribution in [0.4, 0.5) is 0 Å². The fourth-order valence-electron chi connectivity index (χ4n) is 2.37. The average molecular weight is 234 g/mol. The van der Waals surface area contributed by atoms with E-state index in [9.17, 15) is 9.90 Å². The number of aromatic hydroxyl groups is 1. The highest BCUT2D eigenvalue weighted by atomic mass is 16.3. The standard InChI is InChI=1S/C13H18N2O2/c1-8-3-4-12(9(8)2)15-13(17)10-5-11(16)7-14-6-10/h5-9,12,16H,3-4H2,1-2H3,(H,15,17). The number of hydrogen-bond donors (Lipinski definition) is 2. The second kappa shape index (κ2) is 4.73. The molecule has 2 N–H and O–H groups in total. The molecule has 1 aliphatic carbocycles. The van der Waals surface area contributed by atoms with E-state index < -0.39 is 0 Å². The molecule has 4 heteroatoms. The molecule has 1 amide bonds. The summed E-state index contributed by atoms with van der Waals surface area (Å²) in [7, 11) is 0. The first-order valence-corrected chi connectivity index (χ1v) is 6.03. The minimum Gasteiger partial charge on any atom is -0.506 e. The SMILES string of the molecule is CC1CCC(NC(=O)c2cncc(O)c2)C1C. The smallest absolute Gasteiger partial charge is 0.253 e. The van der Waals surface area contributed by atoms with E-state index in [4.69, 9.17) is 0 Å². The van der Waals surface area contributed by atoms with Gasteiger partial charge < -0.3 is 10.4 Å². The molecule has 3 atom stereocenters. The third kappa shape index (κ3) is 2.57. The molecule has 0 spiro atoms. The maximum absolute atomic E-state index is 11.9. The Hall–Kier alpha value is -1.58. The first-order valence-electron chi connectivity index (χ1n) is 6.03. The van der Waals surface area contributed by atoms with Gasteiger partial charge >= 0.3 is 0 Å². The number of aromatic nitrogens is 1. The van der Waals surface area contributed by atoms with E-state index in [1.165, 1.54) is 18.5 Å². The molecular formula is C13H18N2O2. The van der Waals surface area contributed by atoms with Gasteiger partial charge in [0.15, 0.2) is 0 Å². The number of carbonyl (C=O) groups is 1. The summed E-state index contributed by atoms with van der Waals surface area (Å²) < 4.78 is 0. The van der Waals surface area contributed by atoms with Crippen LogP contribution in [-0.2, 0) is 0 Å².